The maximum absolute atomic E-state index is 10.2. The molecule has 1 fully saturated rings. The lowest BCUT2D eigenvalue weighted by atomic mass is 9.76. The second-order valence-electron chi connectivity index (χ2n) is 7.85. The third kappa shape index (κ3) is 3.59. The number of piperidine rings is 1. The predicted molar refractivity (Wildman–Crippen MR) is 117 cm³/mol. The van der Waals surface area contributed by atoms with E-state index in [4.69, 9.17) is 14.2 Å². The highest BCUT2D eigenvalue weighted by Crippen LogP contribution is 2.47. The van der Waals surface area contributed by atoms with Crippen molar-refractivity contribution in [2.45, 2.75) is 37.6 Å². The minimum absolute atomic E-state index is 0.118. The van der Waals surface area contributed by atoms with Crippen molar-refractivity contribution in [2.24, 2.45) is 0 Å². The number of nitriles is 1. The summed E-state index contributed by atoms with van der Waals surface area (Å²) in [6, 6.07) is 17.1. The van der Waals surface area contributed by atoms with Crippen LogP contribution in [0, 0.1) is 11.3 Å². The van der Waals surface area contributed by atoms with Gasteiger partial charge in [-0.05, 0) is 61.1 Å². The van der Waals surface area contributed by atoms with Gasteiger partial charge in [-0.25, -0.2) is 0 Å². The fourth-order valence-corrected chi connectivity index (χ4v) is 4.85. The van der Waals surface area contributed by atoms with Gasteiger partial charge in [-0.3, -0.25) is 0 Å². The van der Waals surface area contributed by atoms with Crippen molar-refractivity contribution < 1.29 is 14.2 Å². The molecule has 0 saturated carbocycles. The van der Waals surface area contributed by atoms with Crippen molar-refractivity contribution in [3.63, 3.8) is 0 Å². The van der Waals surface area contributed by atoms with Crippen molar-refractivity contribution in [3.8, 4) is 23.3 Å². The van der Waals surface area contributed by atoms with Crippen LogP contribution in [0.15, 0.2) is 48.2 Å². The molecule has 0 unspecified atom stereocenters. The van der Waals surface area contributed by atoms with E-state index in [0.717, 1.165) is 54.0 Å². The van der Waals surface area contributed by atoms with Crippen molar-refractivity contribution >= 4 is 5.57 Å². The van der Waals surface area contributed by atoms with E-state index < -0.39 is 0 Å². The number of fused-ring (bicyclic) bond motifs is 1. The number of benzene rings is 2. The maximum atomic E-state index is 10.2. The first-order valence-corrected chi connectivity index (χ1v) is 10.5. The zero-order valence-corrected chi connectivity index (χ0v) is 17.9. The molecule has 2 aliphatic rings. The van der Waals surface area contributed by atoms with Crippen LogP contribution in [-0.2, 0) is 0 Å². The molecule has 5 nitrogen and oxygen atoms in total. The molecule has 0 N–H and O–H groups in total. The van der Waals surface area contributed by atoms with E-state index in [1.165, 1.54) is 6.42 Å². The van der Waals surface area contributed by atoms with Crippen LogP contribution in [0.25, 0.3) is 5.57 Å². The molecule has 156 valence electrons. The molecule has 4 rings (SSSR count). The van der Waals surface area contributed by atoms with Crippen molar-refractivity contribution in [1.29, 1.82) is 5.26 Å². The number of hydrogen-bond donors (Lipinski definition) is 0. The molecule has 0 radical (unpaired) electrons. The van der Waals surface area contributed by atoms with Crippen molar-refractivity contribution in [3.05, 3.63) is 59.3 Å². The van der Waals surface area contributed by atoms with Gasteiger partial charge in [0, 0.05) is 24.1 Å². The summed E-state index contributed by atoms with van der Waals surface area (Å²) < 4.78 is 16.3. The highest BCUT2D eigenvalue weighted by molar-refractivity contribution is 5.78. The van der Waals surface area contributed by atoms with Crippen LogP contribution >= 0.6 is 0 Å². The van der Waals surface area contributed by atoms with E-state index in [1.54, 1.807) is 21.3 Å². The first kappa shape index (κ1) is 20.2. The Kier molecular flexibility index (Phi) is 5.85. The summed E-state index contributed by atoms with van der Waals surface area (Å²) in [6.45, 7) is 0.950. The van der Waals surface area contributed by atoms with Crippen LogP contribution in [0.5, 0.6) is 17.2 Å². The Bertz CT molecular complexity index is 975. The molecular formula is C25H28N2O3. The normalized spacial score (nSPS) is 20.9. The molecule has 0 aromatic heterocycles. The first-order valence-electron chi connectivity index (χ1n) is 10.5. The topological polar surface area (TPSA) is 54.7 Å². The van der Waals surface area contributed by atoms with E-state index >= 15 is 0 Å². The third-order valence-electron chi connectivity index (χ3n) is 6.34. The van der Waals surface area contributed by atoms with Crippen molar-refractivity contribution in [1.82, 2.24) is 4.90 Å². The van der Waals surface area contributed by atoms with Gasteiger partial charge in [0.15, 0.2) is 11.5 Å². The molecule has 2 atom stereocenters. The van der Waals surface area contributed by atoms with Gasteiger partial charge in [0.2, 0.25) is 0 Å². The van der Waals surface area contributed by atoms with E-state index in [1.807, 2.05) is 18.2 Å². The molecule has 2 aliphatic heterocycles. The lowest BCUT2D eigenvalue weighted by Gasteiger charge is -2.44. The maximum Gasteiger partial charge on any atom is 0.161 e. The lowest BCUT2D eigenvalue weighted by molar-refractivity contribution is 0.177. The quantitative estimate of drug-likeness (QED) is 0.703. The Labute approximate surface area is 178 Å². The summed E-state index contributed by atoms with van der Waals surface area (Å²) in [7, 11) is 4.97. The molecule has 30 heavy (non-hydrogen) atoms. The van der Waals surface area contributed by atoms with Crippen LogP contribution in [0.4, 0.5) is 0 Å². The van der Waals surface area contributed by atoms with E-state index in [9.17, 15) is 5.26 Å². The number of nitrogens with zero attached hydrogens (tertiary/aromatic N) is 2. The second kappa shape index (κ2) is 8.71. The summed E-state index contributed by atoms with van der Waals surface area (Å²) in [5, 5.41) is 10.2. The van der Waals surface area contributed by atoms with E-state index in [-0.39, 0.29) is 5.92 Å². The molecule has 5 heteroatoms. The number of hydrogen-bond acceptors (Lipinski definition) is 5. The second-order valence-corrected chi connectivity index (χ2v) is 7.85. The number of rotatable bonds is 5. The highest BCUT2D eigenvalue weighted by atomic mass is 16.5. The SMILES string of the molecule is COc1ccc(C2=C(C#N)N3CCCC[C@H]3C[C@H]2c2ccc(OC)c(OC)c2)cc1. The zero-order valence-electron chi connectivity index (χ0n) is 17.9. The summed E-state index contributed by atoms with van der Waals surface area (Å²) in [6.07, 6.45) is 4.47. The van der Waals surface area contributed by atoms with Gasteiger partial charge in [-0.15, -0.1) is 0 Å². The van der Waals surface area contributed by atoms with Gasteiger partial charge in [-0.1, -0.05) is 18.2 Å². The average Bonchev–Trinajstić information content (AvgIpc) is 2.82. The van der Waals surface area contributed by atoms with E-state index in [2.05, 4.69) is 35.2 Å². The van der Waals surface area contributed by atoms with Gasteiger partial charge in [0.25, 0.3) is 0 Å². The average molecular weight is 405 g/mol. The van der Waals surface area contributed by atoms with Gasteiger partial charge >= 0.3 is 0 Å². The molecule has 2 aromatic rings. The van der Waals surface area contributed by atoms with Gasteiger partial charge in [0.05, 0.1) is 21.3 Å². The zero-order chi connectivity index (χ0) is 21.1. The Balaban J connectivity index is 1.87. The molecule has 2 heterocycles. The summed E-state index contributed by atoms with van der Waals surface area (Å²) in [4.78, 5) is 2.33. The minimum Gasteiger partial charge on any atom is -0.497 e. The monoisotopic (exact) mass is 404 g/mol. The van der Waals surface area contributed by atoms with Crippen LogP contribution in [-0.4, -0.2) is 38.8 Å². The summed E-state index contributed by atoms with van der Waals surface area (Å²) >= 11 is 0. The fraction of sp³-hybridized carbons (Fsp3) is 0.400. The standard InChI is InChI=1S/C25H28N2O3/c1-28-20-10-7-17(8-11-20)25-21(18-9-12-23(29-2)24(14-18)30-3)15-19-6-4-5-13-27(19)22(25)16-26/h7-12,14,19,21H,4-6,13,15H2,1-3H3/t19-,21-/m0/s1. The third-order valence-corrected chi connectivity index (χ3v) is 6.34. The molecule has 0 amide bonds. The lowest BCUT2D eigenvalue weighted by Crippen LogP contribution is -2.43. The molecule has 0 aliphatic carbocycles. The summed E-state index contributed by atoms with van der Waals surface area (Å²) in [5.41, 5.74) is 4.11. The Morgan fingerprint density at radius 3 is 2.37 bits per heavy atom. The number of ether oxygens (including phenoxy) is 3. The van der Waals surface area contributed by atoms with Crippen LogP contribution < -0.4 is 14.2 Å². The van der Waals surface area contributed by atoms with Gasteiger partial charge in [-0.2, -0.15) is 5.26 Å². The van der Waals surface area contributed by atoms with Gasteiger partial charge < -0.3 is 19.1 Å². The Hall–Kier alpha value is -3.13. The fourth-order valence-electron chi connectivity index (χ4n) is 4.85. The van der Waals surface area contributed by atoms with E-state index in [0.29, 0.717) is 17.5 Å². The Morgan fingerprint density at radius 2 is 1.70 bits per heavy atom. The van der Waals surface area contributed by atoms with Crippen molar-refractivity contribution in [2.75, 3.05) is 27.9 Å². The minimum atomic E-state index is 0.118. The summed E-state index contributed by atoms with van der Waals surface area (Å²) in [5.74, 6) is 2.36. The largest absolute Gasteiger partial charge is 0.497 e. The molecule has 0 bridgehead atoms. The first-order chi connectivity index (χ1) is 14.7. The smallest absolute Gasteiger partial charge is 0.161 e. The van der Waals surface area contributed by atoms with Crippen LogP contribution in [0.1, 0.15) is 42.7 Å². The van der Waals surface area contributed by atoms with Crippen LogP contribution in [0.3, 0.4) is 0 Å². The van der Waals surface area contributed by atoms with Gasteiger partial charge in [0.1, 0.15) is 17.5 Å². The predicted octanol–water partition coefficient (Wildman–Crippen LogP) is 4.99. The molecule has 2 aromatic carbocycles. The molecule has 1 saturated heterocycles. The Morgan fingerprint density at radius 1 is 0.933 bits per heavy atom. The molecule has 0 spiro atoms. The van der Waals surface area contributed by atoms with Crippen LogP contribution in [0.2, 0.25) is 0 Å². The number of allylic oxidation sites excluding steroid dienone is 2. The highest BCUT2D eigenvalue weighted by Gasteiger charge is 2.37. The number of methoxy groups -OCH3 is 3. The molecular weight excluding hydrogens is 376 g/mol.